The first-order valence-corrected chi connectivity index (χ1v) is 8.14. The highest BCUT2D eigenvalue weighted by atomic mass is 35.5. The van der Waals surface area contributed by atoms with Crippen molar-refractivity contribution in [3.8, 4) is 0 Å². The molecule has 0 radical (unpaired) electrons. The van der Waals surface area contributed by atoms with E-state index in [9.17, 15) is 9.00 Å². The van der Waals surface area contributed by atoms with Crippen LogP contribution in [0.4, 0.5) is 0 Å². The zero-order valence-corrected chi connectivity index (χ0v) is 12.3. The van der Waals surface area contributed by atoms with Crippen LogP contribution in [0.5, 0.6) is 0 Å². The minimum Gasteiger partial charge on any atom is -0.360 e. The van der Waals surface area contributed by atoms with Gasteiger partial charge in [-0.3, -0.25) is 9.00 Å². The van der Waals surface area contributed by atoms with Crippen LogP contribution in [0, 0.1) is 0 Å². The number of halogens is 1. The van der Waals surface area contributed by atoms with Gasteiger partial charge in [-0.15, -0.1) is 0 Å². The zero-order chi connectivity index (χ0) is 14.3. The molecule has 1 saturated carbocycles. The van der Waals surface area contributed by atoms with Crippen molar-refractivity contribution in [1.29, 1.82) is 0 Å². The Balaban J connectivity index is 1.90. The normalized spacial score (nSPS) is 16.1. The highest BCUT2D eigenvalue weighted by molar-refractivity contribution is 7.84. The topological polar surface area (TPSA) is 60.2 Å². The third-order valence-electron chi connectivity index (χ3n) is 3.26. The molecule has 1 atom stereocenters. The minimum atomic E-state index is -1.13. The lowest BCUT2D eigenvalue weighted by Gasteiger charge is -2.03. The zero-order valence-electron chi connectivity index (χ0n) is 10.8. The van der Waals surface area contributed by atoms with Gasteiger partial charge in [-0.25, -0.2) is 0 Å². The molecule has 1 unspecified atom stereocenters. The van der Waals surface area contributed by atoms with E-state index in [4.69, 9.17) is 16.1 Å². The molecule has 0 amide bonds. The Bertz CT molecular complexity index is 706. The molecule has 0 saturated heterocycles. The third kappa shape index (κ3) is 2.55. The molecule has 0 N–H and O–H groups in total. The first kappa shape index (κ1) is 13.5. The fourth-order valence-corrected chi connectivity index (χ4v) is 2.83. The van der Waals surface area contributed by atoms with Crippen LogP contribution in [0.2, 0.25) is 5.02 Å². The van der Waals surface area contributed by atoms with Gasteiger partial charge in [-0.05, 0) is 31.0 Å². The third-order valence-corrected chi connectivity index (χ3v) is 4.49. The molecule has 1 aromatic heterocycles. The number of hydrogen-bond donors (Lipinski definition) is 0. The number of rotatable bonds is 4. The number of carbonyl (C=O) groups excluding carboxylic acids is 1. The second kappa shape index (κ2) is 5.14. The summed E-state index contributed by atoms with van der Waals surface area (Å²) < 4.78 is 16.5. The predicted molar refractivity (Wildman–Crippen MR) is 75.7 cm³/mol. The molecular weight excluding hydrogens is 298 g/mol. The van der Waals surface area contributed by atoms with E-state index in [2.05, 4.69) is 5.16 Å². The average Bonchev–Trinajstić information content (AvgIpc) is 3.15. The van der Waals surface area contributed by atoms with Crippen LogP contribution >= 0.6 is 11.6 Å². The Kier molecular flexibility index (Phi) is 3.48. The lowest BCUT2D eigenvalue weighted by Crippen LogP contribution is -2.03. The quantitative estimate of drug-likeness (QED) is 0.814. The maximum absolute atomic E-state index is 12.3. The molecule has 1 heterocycles. The molecule has 20 heavy (non-hydrogen) atoms. The van der Waals surface area contributed by atoms with Crippen LogP contribution in [-0.4, -0.2) is 21.4 Å². The Morgan fingerprint density at radius 2 is 2.15 bits per heavy atom. The number of ketones is 1. The van der Waals surface area contributed by atoms with Gasteiger partial charge in [0.2, 0.25) is 5.78 Å². The molecule has 1 aromatic carbocycles. The average molecular weight is 310 g/mol. The molecule has 3 rings (SSSR count). The molecule has 1 fully saturated rings. The summed E-state index contributed by atoms with van der Waals surface area (Å²) in [6, 6.07) is 6.44. The van der Waals surface area contributed by atoms with E-state index < -0.39 is 10.8 Å². The van der Waals surface area contributed by atoms with E-state index in [0.717, 1.165) is 18.6 Å². The second-order valence-electron chi connectivity index (χ2n) is 4.81. The number of benzene rings is 1. The van der Waals surface area contributed by atoms with E-state index in [0.29, 0.717) is 16.4 Å². The molecule has 2 aromatic rings. The molecule has 0 aliphatic heterocycles. The van der Waals surface area contributed by atoms with Gasteiger partial charge in [0.05, 0.1) is 5.02 Å². The van der Waals surface area contributed by atoms with Crippen molar-refractivity contribution >= 4 is 28.2 Å². The summed E-state index contributed by atoms with van der Waals surface area (Å²) in [6.07, 6.45) is 3.73. The van der Waals surface area contributed by atoms with Gasteiger partial charge < -0.3 is 4.52 Å². The first-order valence-electron chi connectivity index (χ1n) is 6.20. The van der Waals surface area contributed by atoms with Gasteiger partial charge in [0.1, 0.15) is 5.76 Å². The smallest absolute Gasteiger partial charge is 0.216 e. The number of carbonyl (C=O) groups is 1. The molecule has 6 heteroatoms. The number of nitrogens with zero attached hydrogens (tertiary/aromatic N) is 1. The van der Waals surface area contributed by atoms with Crippen LogP contribution < -0.4 is 0 Å². The van der Waals surface area contributed by atoms with Crippen molar-refractivity contribution in [2.24, 2.45) is 0 Å². The fourth-order valence-electron chi connectivity index (χ4n) is 1.95. The SMILES string of the molecule is CS(=O)c1ccc(C(=O)c2cc(C3CC3)on2)c(Cl)c1. The summed E-state index contributed by atoms with van der Waals surface area (Å²) in [7, 11) is -1.13. The molecular formula is C14H12ClNO3S. The van der Waals surface area contributed by atoms with E-state index in [1.54, 1.807) is 30.5 Å². The van der Waals surface area contributed by atoms with Crippen LogP contribution in [0.25, 0.3) is 0 Å². The lowest BCUT2D eigenvalue weighted by atomic mass is 10.1. The van der Waals surface area contributed by atoms with Crippen molar-refractivity contribution in [2.45, 2.75) is 23.7 Å². The van der Waals surface area contributed by atoms with Crippen LogP contribution in [-0.2, 0) is 10.8 Å². The maximum Gasteiger partial charge on any atom is 0.216 e. The Hall–Kier alpha value is -1.46. The van der Waals surface area contributed by atoms with E-state index >= 15 is 0 Å². The van der Waals surface area contributed by atoms with Gasteiger partial charge in [-0.2, -0.15) is 0 Å². The summed E-state index contributed by atoms with van der Waals surface area (Å²) in [5, 5.41) is 4.09. The van der Waals surface area contributed by atoms with E-state index in [1.165, 1.54) is 0 Å². The number of hydrogen-bond acceptors (Lipinski definition) is 4. The van der Waals surface area contributed by atoms with Crippen molar-refractivity contribution in [2.75, 3.05) is 6.26 Å². The van der Waals surface area contributed by atoms with Gasteiger partial charge in [0.15, 0.2) is 5.69 Å². The summed E-state index contributed by atoms with van der Waals surface area (Å²) in [4.78, 5) is 12.9. The largest absolute Gasteiger partial charge is 0.360 e. The van der Waals surface area contributed by atoms with Crippen molar-refractivity contribution in [1.82, 2.24) is 5.16 Å². The Morgan fingerprint density at radius 3 is 2.75 bits per heavy atom. The monoisotopic (exact) mass is 309 g/mol. The Labute approximate surface area is 123 Å². The summed E-state index contributed by atoms with van der Waals surface area (Å²) in [6.45, 7) is 0. The molecule has 104 valence electrons. The molecule has 1 aliphatic rings. The first-order chi connectivity index (χ1) is 9.56. The van der Waals surface area contributed by atoms with Crippen molar-refractivity contribution in [3.05, 3.63) is 46.3 Å². The van der Waals surface area contributed by atoms with E-state index in [1.807, 2.05) is 0 Å². The highest BCUT2D eigenvalue weighted by Crippen LogP contribution is 2.40. The van der Waals surface area contributed by atoms with Gasteiger partial charge in [0.25, 0.3) is 0 Å². The summed E-state index contributed by atoms with van der Waals surface area (Å²) in [5.41, 5.74) is 0.607. The Morgan fingerprint density at radius 1 is 1.40 bits per heavy atom. The van der Waals surface area contributed by atoms with Gasteiger partial charge in [0, 0.05) is 39.5 Å². The standard InChI is InChI=1S/C14H12ClNO3S/c1-20(18)9-4-5-10(11(15)6-9)14(17)12-7-13(19-16-12)8-2-3-8/h4-8H,2-3H2,1H3. The van der Waals surface area contributed by atoms with Crippen molar-refractivity contribution < 1.29 is 13.5 Å². The maximum atomic E-state index is 12.3. The minimum absolute atomic E-state index is 0.263. The van der Waals surface area contributed by atoms with Crippen LogP contribution in [0.1, 0.15) is 40.6 Å². The predicted octanol–water partition coefficient (Wildman–Crippen LogP) is 3.17. The van der Waals surface area contributed by atoms with E-state index in [-0.39, 0.29) is 16.5 Å². The lowest BCUT2D eigenvalue weighted by molar-refractivity contribution is 0.103. The number of aromatic nitrogens is 1. The highest BCUT2D eigenvalue weighted by Gasteiger charge is 2.29. The van der Waals surface area contributed by atoms with Gasteiger partial charge >= 0.3 is 0 Å². The van der Waals surface area contributed by atoms with Crippen LogP contribution in [0.3, 0.4) is 0 Å². The molecule has 4 nitrogen and oxygen atoms in total. The summed E-state index contributed by atoms with van der Waals surface area (Å²) >= 11 is 6.09. The molecule has 1 aliphatic carbocycles. The summed E-state index contributed by atoms with van der Waals surface area (Å²) in [5.74, 6) is 0.888. The molecule has 0 spiro atoms. The van der Waals surface area contributed by atoms with Crippen LogP contribution in [0.15, 0.2) is 33.7 Å². The molecule has 0 bridgehead atoms. The second-order valence-corrected chi connectivity index (χ2v) is 6.60. The van der Waals surface area contributed by atoms with Crippen molar-refractivity contribution in [3.63, 3.8) is 0 Å². The van der Waals surface area contributed by atoms with Gasteiger partial charge in [-0.1, -0.05) is 16.8 Å². The fraction of sp³-hybridized carbons (Fsp3) is 0.286.